The minimum Gasteiger partial charge on any atom is -0.376 e. The summed E-state index contributed by atoms with van der Waals surface area (Å²) in [6.07, 6.45) is 4.30. The maximum Gasteiger partial charge on any atom is 0.243 e. The van der Waals surface area contributed by atoms with Crippen LogP contribution in [0, 0.1) is 5.82 Å². The lowest BCUT2D eigenvalue weighted by Crippen LogP contribution is -2.52. The minimum atomic E-state index is -0.222. The van der Waals surface area contributed by atoms with Crippen molar-refractivity contribution in [2.45, 2.75) is 37.8 Å². The van der Waals surface area contributed by atoms with Crippen LogP contribution in [0.5, 0.6) is 0 Å². The fraction of sp³-hybridized carbons (Fsp3) is 0.619. The second kappa shape index (κ2) is 10.4. The van der Waals surface area contributed by atoms with E-state index in [1.807, 2.05) is 6.07 Å². The number of anilines is 1. The van der Waals surface area contributed by atoms with Crippen LogP contribution in [0.3, 0.4) is 0 Å². The number of guanidine groups is 1. The van der Waals surface area contributed by atoms with E-state index < -0.39 is 0 Å². The van der Waals surface area contributed by atoms with Crippen LogP contribution in [0.1, 0.15) is 25.7 Å². The zero-order chi connectivity index (χ0) is 20.6. The van der Waals surface area contributed by atoms with Crippen molar-refractivity contribution in [1.82, 2.24) is 15.5 Å². The van der Waals surface area contributed by atoms with E-state index in [4.69, 9.17) is 4.74 Å². The van der Waals surface area contributed by atoms with Crippen LogP contribution < -0.4 is 15.5 Å². The molecule has 2 saturated heterocycles. The minimum absolute atomic E-state index is 0.0479. The number of carbonyl (C=O) groups is 1. The van der Waals surface area contributed by atoms with E-state index in [2.05, 4.69) is 20.5 Å². The van der Waals surface area contributed by atoms with Gasteiger partial charge in [-0.3, -0.25) is 4.79 Å². The number of amides is 1. The number of nitrogens with zero attached hydrogens (tertiary/aromatic N) is 3. The summed E-state index contributed by atoms with van der Waals surface area (Å²) in [4.78, 5) is 20.2. The Kier molecular flexibility index (Phi) is 7.69. The van der Waals surface area contributed by atoms with Gasteiger partial charge in [-0.05, 0) is 43.9 Å². The molecule has 0 aromatic heterocycles. The van der Waals surface area contributed by atoms with Crippen LogP contribution in [0.4, 0.5) is 10.1 Å². The van der Waals surface area contributed by atoms with Crippen LogP contribution in [0.15, 0.2) is 29.3 Å². The standard InChI is InChI=1S/C21H32FN5O2/c1-26(2)20(28)14-24-21(23-13-19-9-5-11-29-19)25-17-7-4-10-27(15-17)18-8-3-6-16(22)12-18/h3,6,8,12,17,19H,4-5,7,9-11,13-15H2,1-2H3,(H2,23,24,25). The molecule has 1 amide bonds. The lowest BCUT2D eigenvalue weighted by atomic mass is 10.0. The average molecular weight is 406 g/mol. The Hall–Kier alpha value is -2.35. The van der Waals surface area contributed by atoms with E-state index in [1.54, 1.807) is 26.2 Å². The quantitative estimate of drug-likeness (QED) is 0.556. The third-order valence-electron chi connectivity index (χ3n) is 5.33. The highest BCUT2D eigenvalue weighted by Crippen LogP contribution is 2.20. The van der Waals surface area contributed by atoms with E-state index in [-0.39, 0.29) is 30.4 Å². The van der Waals surface area contributed by atoms with Crippen LogP contribution in [0.2, 0.25) is 0 Å². The maximum atomic E-state index is 13.6. The highest BCUT2D eigenvalue weighted by atomic mass is 19.1. The van der Waals surface area contributed by atoms with Gasteiger partial charge in [0, 0.05) is 52.1 Å². The topological polar surface area (TPSA) is 69.2 Å². The molecule has 0 spiro atoms. The Morgan fingerprint density at radius 3 is 2.93 bits per heavy atom. The largest absolute Gasteiger partial charge is 0.376 e. The molecule has 0 aliphatic carbocycles. The van der Waals surface area contributed by atoms with Crippen molar-refractivity contribution < 1.29 is 13.9 Å². The Morgan fingerprint density at radius 1 is 1.34 bits per heavy atom. The van der Waals surface area contributed by atoms with Gasteiger partial charge in [0.25, 0.3) is 0 Å². The van der Waals surface area contributed by atoms with Crippen LogP contribution >= 0.6 is 0 Å². The molecular weight excluding hydrogens is 373 g/mol. The fourth-order valence-electron chi connectivity index (χ4n) is 3.65. The predicted octanol–water partition coefficient (Wildman–Crippen LogP) is 1.60. The van der Waals surface area contributed by atoms with Crippen molar-refractivity contribution in [3.8, 4) is 0 Å². The van der Waals surface area contributed by atoms with E-state index >= 15 is 0 Å². The highest BCUT2D eigenvalue weighted by Gasteiger charge is 2.22. The first kappa shape index (κ1) is 21.4. The maximum absolute atomic E-state index is 13.6. The fourth-order valence-corrected chi connectivity index (χ4v) is 3.65. The summed E-state index contributed by atoms with van der Waals surface area (Å²) in [6.45, 7) is 3.22. The van der Waals surface area contributed by atoms with Crippen LogP contribution in [0.25, 0.3) is 0 Å². The zero-order valence-corrected chi connectivity index (χ0v) is 17.4. The molecule has 1 aromatic rings. The van der Waals surface area contributed by atoms with Crippen LogP contribution in [-0.4, -0.2) is 75.8 Å². The van der Waals surface area contributed by atoms with E-state index in [0.717, 1.165) is 51.1 Å². The molecule has 2 heterocycles. The number of likely N-dealkylation sites (N-methyl/N-ethyl adjacent to an activating group) is 1. The number of carbonyl (C=O) groups excluding carboxylic acids is 1. The molecule has 0 radical (unpaired) electrons. The molecule has 160 valence electrons. The van der Waals surface area contributed by atoms with Gasteiger partial charge in [-0.25, -0.2) is 9.38 Å². The summed E-state index contributed by atoms with van der Waals surface area (Å²) in [5.41, 5.74) is 0.894. The number of benzene rings is 1. The third kappa shape index (κ3) is 6.59. The van der Waals surface area contributed by atoms with Crippen molar-refractivity contribution in [3.05, 3.63) is 30.1 Å². The Labute approximate surface area is 172 Å². The first-order valence-corrected chi connectivity index (χ1v) is 10.4. The lowest BCUT2D eigenvalue weighted by Gasteiger charge is -2.35. The molecular formula is C21H32FN5O2. The van der Waals surface area contributed by atoms with Crippen molar-refractivity contribution in [2.75, 3.05) is 51.8 Å². The number of hydrogen-bond acceptors (Lipinski definition) is 4. The van der Waals surface area contributed by atoms with E-state index in [1.165, 1.54) is 11.0 Å². The molecule has 2 N–H and O–H groups in total. The highest BCUT2D eigenvalue weighted by molar-refractivity contribution is 5.85. The molecule has 3 rings (SSSR count). The van der Waals surface area contributed by atoms with Gasteiger partial charge in [0.1, 0.15) is 12.4 Å². The molecule has 2 aliphatic rings. The van der Waals surface area contributed by atoms with Gasteiger partial charge >= 0.3 is 0 Å². The summed E-state index contributed by atoms with van der Waals surface area (Å²) in [5.74, 6) is 0.357. The molecule has 2 aliphatic heterocycles. The van der Waals surface area contributed by atoms with Gasteiger partial charge in [0.15, 0.2) is 5.96 Å². The number of nitrogens with one attached hydrogen (secondary N) is 2. The number of ether oxygens (including phenoxy) is 1. The van der Waals surface area contributed by atoms with Gasteiger partial charge in [-0.15, -0.1) is 0 Å². The average Bonchev–Trinajstić information content (AvgIpc) is 3.23. The van der Waals surface area contributed by atoms with E-state index in [9.17, 15) is 9.18 Å². The van der Waals surface area contributed by atoms with Crippen molar-refractivity contribution in [2.24, 2.45) is 4.99 Å². The Morgan fingerprint density at radius 2 is 2.21 bits per heavy atom. The van der Waals surface area contributed by atoms with Gasteiger partial charge in [-0.1, -0.05) is 6.07 Å². The van der Waals surface area contributed by atoms with Crippen molar-refractivity contribution in [3.63, 3.8) is 0 Å². The molecule has 8 heteroatoms. The first-order chi connectivity index (χ1) is 14.0. The number of rotatable bonds is 6. The second-order valence-corrected chi connectivity index (χ2v) is 7.88. The third-order valence-corrected chi connectivity index (χ3v) is 5.33. The number of hydrogen-bond donors (Lipinski definition) is 2. The Bertz CT molecular complexity index is 706. The molecule has 2 atom stereocenters. The summed E-state index contributed by atoms with van der Waals surface area (Å²) in [5, 5.41) is 6.80. The van der Waals surface area contributed by atoms with Crippen molar-refractivity contribution >= 4 is 17.6 Å². The number of aliphatic imine (C=N–C) groups is 1. The molecule has 2 fully saturated rings. The summed E-state index contributed by atoms with van der Waals surface area (Å²) < 4.78 is 19.3. The first-order valence-electron chi connectivity index (χ1n) is 10.4. The van der Waals surface area contributed by atoms with Gasteiger partial charge in [0.05, 0.1) is 6.10 Å². The second-order valence-electron chi connectivity index (χ2n) is 7.88. The molecule has 29 heavy (non-hydrogen) atoms. The number of halogens is 1. The SMILES string of the molecule is CN(C)C(=O)CN=C(NCC1CCCO1)NC1CCCN(c2cccc(F)c2)C1. The molecule has 7 nitrogen and oxygen atoms in total. The van der Waals surface area contributed by atoms with Gasteiger partial charge in [0.2, 0.25) is 5.91 Å². The smallest absolute Gasteiger partial charge is 0.243 e. The lowest BCUT2D eigenvalue weighted by molar-refractivity contribution is -0.127. The molecule has 0 saturated carbocycles. The normalized spacial score (nSPS) is 22.4. The predicted molar refractivity (Wildman–Crippen MR) is 113 cm³/mol. The number of piperidine rings is 1. The zero-order valence-electron chi connectivity index (χ0n) is 17.4. The van der Waals surface area contributed by atoms with E-state index in [0.29, 0.717) is 12.5 Å². The summed E-state index contributed by atoms with van der Waals surface area (Å²) in [7, 11) is 3.45. The molecule has 0 bridgehead atoms. The van der Waals surface area contributed by atoms with Crippen LogP contribution in [-0.2, 0) is 9.53 Å². The van der Waals surface area contributed by atoms with Gasteiger partial charge in [-0.2, -0.15) is 0 Å². The Balaban J connectivity index is 1.61. The summed E-state index contributed by atoms with van der Waals surface area (Å²) >= 11 is 0. The van der Waals surface area contributed by atoms with Gasteiger partial charge < -0.3 is 25.2 Å². The van der Waals surface area contributed by atoms with Crippen molar-refractivity contribution in [1.29, 1.82) is 0 Å². The molecule has 1 aromatic carbocycles. The molecule has 2 unspecified atom stereocenters. The monoisotopic (exact) mass is 405 g/mol. The summed E-state index contributed by atoms with van der Waals surface area (Å²) in [6, 6.07) is 6.88.